The third-order valence-corrected chi connectivity index (χ3v) is 3.31. The van der Waals surface area contributed by atoms with Gasteiger partial charge in [-0.25, -0.2) is 4.79 Å². The summed E-state index contributed by atoms with van der Waals surface area (Å²) in [5.74, 6) is -2.62. The summed E-state index contributed by atoms with van der Waals surface area (Å²) in [6.07, 6.45) is 0. The van der Waals surface area contributed by atoms with Gasteiger partial charge >= 0.3 is 21.6 Å². The number of hydrogen-bond donors (Lipinski definition) is 0. The summed E-state index contributed by atoms with van der Waals surface area (Å²) in [6, 6.07) is 4.89. The molecule has 5 nitrogen and oxygen atoms in total. The van der Waals surface area contributed by atoms with Crippen molar-refractivity contribution in [1.82, 2.24) is 0 Å². The monoisotopic (exact) mass is 324 g/mol. The highest BCUT2D eigenvalue weighted by molar-refractivity contribution is 7.87. The molecule has 0 aliphatic rings. The van der Waals surface area contributed by atoms with Gasteiger partial charge in [-0.3, -0.25) is 0 Å². The van der Waals surface area contributed by atoms with Crippen LogP contribution in [0.4, 0.5) is 13.2 Å². The number of carbonyl (C=O) groups excluding carboxylic acids is 1. The maximum atomic E-state index is 12.1. The lowest BCUT2D eigenvalue weighted by molar-refractivity contribution is -0.132. The van der Waals surface area contributed by atoms with Crippen LogP contribution in [0, 0.1) is 13.8 Å². The molecule has 0 aliphatic heterocycles. The Balaban J connectivity index is 2.89. The van der Waals surface area contributed by atoms with Crippen molar-refractivity contribution in [3.05, 3.63) is 41.7 Å². The molecule has 0 saturated carbocycles. The van der Waals surface area contributed by atoms with Crippen LogP contribution in [0.5, 0.6) is 5.75 Å². The summed E-state index contributed by atoms with van der Waals surface area (Å²) >= 11 is 0. The number of hydrogen-bond acceptors (Lipinski definition) is 5. The summed E-state index contributed by atoms with van der Waals surface area (Å²) < 4.78 is 66.2. The fourth-order valence-corrected chi connectivity index (χ4v) is 1.75. The zero-order valence-electron chi connectivity index (χ0n) is 11.0. The minimum Gasteiger partial charge on any atom is -0.420 e. The molecule has 0 spiro atoms. The van der Waals surface area contributed by atoms with E-state index in [1.165, 1.54) is 0 Å². The maximum Gasteiger partial charge on any atom is 0.534 e. The van der Waals surface area contributed by atoms with Crippen molar-refractivity contribution in [2.75, 3.05) is 0 Å². The van der Waals surface area contributed by atoms with Crippen LogP contribution in [-0.4, -0.2) is 19.9 Å². The molecule has 0 atom stereocenters. The first-order valence-corrected chi connectivity index (χ1v) is 6.84. The van der Waals surface area contributed by atoms with Gasteiger partial charge in [0.25, 0.3) is 0 Å². The summed E-state index contributed by atoms with van der Waals surface area (Å²) in [5.41, 5.74) is -4.58. The molecule has 21 heavy (non-hydrogen) atoms. The Morgan fingerprint density at radius 3 is 2.10 bits per heavy atom. The summed E-state index contributed by atoms with van der Waals surface area (Å²) in [4.78, 5) is 11.5. The molecule has 1 aromatic carbocycles. The van der Waals surface area contributed by atoms with Crippen molar-refractivity contribution in [3.8, 4) is 5.75 Å². The van der Waals surface area contributed by atoms with Crippen LogP contribution in [0.3, 0.4) is 0 Å². The van der Waals surface area contributed by atoms with E-state index in [1.807, 2.05) is 0 Å². The smallest absolute Gasteiger partial charge is 0.420 e. The third-order valence-electron chi connectivity index (χ3n) is 2.32. The van der Waals surface area contributed by atoms with Gasteiger partial charge in [-0.1, -0.05) is 18.2 Å². The number of para-hydroxylation sites is 1. The van der Waals surface area contributed by atoms with E-state index in [4.69, 9.17) is 4.74 Å². The van der Waals surface area contributed by atoms with E-state index in [-0.39, 0.29) is 5.75 Å². The van der Waals surface area contributed by atoms with Crippen molar-refractivity contribution >= 4 is 16.1 Å². The molecule has 0 bridgehead atoms. The summed E-state index contributed by atoms with van der Waals surface area (Å²) in [7, 11) is -5.95. The van der Waals surface area contributed by atoms with Crippen molar-refractivity contribution < 1.29 is 35.3 Å². The lowest BCUT2D eigenvalue weighted by atomic mass is 10.1. The first kappa shape index (κ1) is 17.0. The Morgan fingerprint density at radius 2 is 1.67 bits per heavy atom. The molecule has 0 unspecified atom stereocenters. The maximum absolute atomic E-state index is 12.1. The fourth-order valence-electron chi connectivity index (χ4n) is 1.32. The predicted molar refractivity (Wildman–Crippen MR) is 66.8 cm³/mol. The molecule has 0 N–H and O–H groups in total. The molecule has 1 rings (SSSR count). The van der Waals surface area contributed by atoms with Crippen molar-refractivity contribution in [1.29, 1.82) is 0 Å². The SMILES string of the molecule is C=C(OS(=O)(=O)C(F)(F)F)C(=O)Oc1c(C)cccc1C. The quantitative estimate of drug-likeness (QED) is 0.213. The van der Waals surface area contributed by atoms with E-state index in [2.05, 4.69) is 10.8 Å². The van der Waals surface area contributed by atoms with Crippen molar-refractivity contribution in [3.63, 3.8) is 0 Å². The molecule has 0 aliphatic carbocycles. The highest BCUT2D eigenvalue weighted by atomic mass is 32.2. The van der Waals surface area contributed by atoms with E-state index in [9.17, 15) is 26.4 Å². The highest BCUT2D eigenvalue weighted by Gasteiger charge is 2.49. The van der Waals surface area contributed by atoms with Crippen LogP contribution in [-0.2, 0) is 19.1 Å². The average Bonchev–Trinajstić information content (AvgIpc) is 2.31. The van der Waals surface area contributed by atoms with E-state index in [0.717, 1.165) is 0 Å². The molecule has 116 valence electrons. The summed E-state index contributed by atoms with van der Waals surface area (Å²) in [5, 5.41) is 0. The van der Waals surface area contributed by atoms with Gasteiger partial charge in [0.15, 0.2) is 0 Å². The van der Waals surface area contributed by atoms with Crippen LogP contribution < -0.4 is 4.74 Å². The van der Waals surface area contributed by atoms with Gasteiger partial charge in [0, 0.05) is 0 Å². The van der Waals surface area contributed by atoms with Crippen LogP contribution >= 0.6 is 0 Å². The van der Waals surface area contributed by atoms with E-state index in [1.54, 1.807) is 32.0 Å². The molecule has 0 amide bonds. The van der Waals surface area contributed by atoms with Crippen molar-refractivity contribution in [2.45, 2.75) is 19.4 Å². The van der Waals surface area contributed by atoms with Crippen LogP contribution in [0.2, 0.25) is 0 Å². The standard InChI is InChI=1S/C12H11F3O5S/c1-7-5-4-6-8(2)10(7)19-11(16)9(3)20-21(17,18)12(13,14)15/h4-6H,3H2,1-2H3. The van der Waals surface area contributed by atoms with Crippen LogP contribution in [0.25, 0.3) is 0 Å². The van der Waals surface area contributed by atoms with E-state index >= 15 is 0 Å². The topological polar surface area (TPSA) is 69.7 Å². The Bertz CT molecular complexity index is 656. The van der Waals surface area contributed by atoms with Crippen molar-refractivity contribution in [2.24, 2.45) is 0 Å². The lowest BCUT2D eigenvalue weighted by Gasteiger charge is -2.13. The largest absolute Gasteiger partial charge is 0.534 e. The molecule has 0 saturated heterocycles. The van der Waals surface area contributed by atoms with Gasteiger partial charge in [-0.05, 0) is 31.6 Å². The number of rotatable bonds is 4. The molecular formula is C12H11F3O5S. The predicted octanol–water partition coefficient (Wildman–Crippen LogP) is 2.59. The van der Waals surface area contributed by atoms with Gasteiger partial charge < -0.3 is 8.92 Å². The second-order valence-corrected chi connectivity index (χ2v) is 5.55. The van der Waals surface area contributed by atoms with Gasteiger partial charge in [0.2, 0.25) is 5.76 Å². The second kappa shape index (κ2) is 5.76. The fraction of sp³-hybridized carbons (Fsp3) is 0.250. The Labute approximate surface area is 119 Å². The number of ether oxygens (including phenoxy) is 1. The normalized spacial score (nSPS) is 11.9. The van der Waals surface area contributed by atoms with E-state index in [0.29, 0.717) is 11.1 Å². The molecule has 0 fully saturated rings. The Kier molecular flexibility index (Phi) is 4.67. The van der Waals surface area contributed by atoms with Crippen LogP contribution in [0.1, 0.15) is 11.1 Å². The molecule has 1 aromatic rings. The second-order valence-electron chi connectivity index (χ2n) is 4.02. The number of alkyl halides is 3. The van der Waals surface area contributed by atoms with Gasteiger partial charge in [0.1, 0.15) is 5.75 Å². The molecule has 0 heterocycles. The number of aryl methyl sites for hydroxylation is 2. The number of halogens is 3. The average molecular weight is 324 g/mol. The van der Waals surface area contributed by atoms with Gasteiger partial charge in [-0.2, -0.15) is 21.6 Å². The first-order chi connectivity index (χ1) is 9.45. The van der Waals surface area contributed by atoms with Gasteiger partial charge in [-0.15, -0.1) is 0 Å². The minimum absolute atomic E-state index is 0.0941. The molecular weight excluding hydrogens is 313 g/mol. The summed E-state index contributed by atoms with van der Waals surface area (Å²) in [6.45, 7) is 6.04. The number of esters is 1. The highest BCUT2D eigenvalue weighted by Crippen LogP contribution is 2.27. The number of carbonyl (C=O) groups is 1. The number of benzene rings is 1. The lowest BCUT2D eigenvalue weighted by Crippen LogP contribution is -2.27. The van der Waals surface area contributed by atoms with Crippen LogP contribution in [0.15, 0.2) is 30.5 Å². The Morgan fingerprint density at radius 1 is 1.19 bits per heavy atom. The van der Waals surface area contributed by atoms with E-state index < -0.39 is 27.4 Å². The zero-order chi connectivity index (χ0) is 16.4. The minimum atomic E-state index is -5.95. The first-order valence-electron chi connectivity index (χ1n) is 5.44. The Hall–Kier alpha value is -2.03. The molecule has 0 aromatic heterocycles. The third kappa shape index (κ3) is 3.97. The molecule has 0 radical (unpaired) electrons. The molecule has 9 heteroatoms. The zero-order valence-corrected chi connectivity index (χ0v) is 11.8. The van der Waals surface area contributed by atoms with Gasteiger partial charge in [0.05, 0.1) is 0 Å².